The van der Waals surface area contributed by atoms with Crippen LogP contribution in [0.5, 0.6) is 0 Å². The second-order valence-corrected chi connectivity index (χ2v) is 9.65. The highest BCUT2D eigenvalue weighted by molar-refractivity contribution is 8.00. The van der Waals surface area contributed by atoms with E-state index >= 15 is 0 Å². The topological polar surface area (TPSA) is 49.4 Å². The molecule has 2 aromatic carbocycles. The highest BCUT2D eigenvalue weighted by Gasteiger charge is 2.49. The van der Waals surface area contributed by atoms with Gasteiger partial charge in [-0.15, -0.1) is 18.3 Å². The highest BCUT2D eigenvalue weighted by atomic mass is 32.2. The number of β-lactam (4-membered cyclic amide) rings is 1. The number of aryl methyl sites for hydroxylation is 1. The zero-order valence-electron chi connectivity index (χ0n) is 19.1. The van der Waals surface area contributed by atoms with Crippen LogP contribution < -0.4 is 5.32 Å². The van der Waals surface area contributed by atoms with Crippen molar-refractivity contribution >= 4 is 23.6 Å². The summed E-state index contributed by atoms with van der Waals surface area (Å²) in [6.45, 7) is 5.04. The molecule has 1 saturated heterocycles. The van der Waals surface area contributed by atoms with Gasteiger partial charge in [-0.1, -0.05) is 61.4 Å². The number of unbranched alkanes of at least 4 members (excludes halogenated alkanes) is 3. The highest BCUT2D eigenvalue weighted by Crippen LogP contribution is 2.39. The summed E-state index contributed by atoms with van der Waals surface area (Å²) >= 11 is 1.51. The zero-order chi connectivity index (χ0) is 23.5. The quantitative estimate of drug-likeness (QED) is 0.227. The fourth-order valence-electron chi connectivity index (χ4n) is 4.00. The molecule has 1 atom stereocenters. The van der Waals surface area contributed by atoms with Crippen molar-refractivity contribution in [1.82, 2.24) is 10.2 Å². The summed E-state index contributed by atoms with van der Waals surface area (Å²) in [6, 6.07) is 16.7. The molecule has 6 heteroatoms. The summed E-state index contributed by atoms with van der Waals surface area (Å²) in [4.78, 5) is 26.4. The van der Waals surface area contributed by atoms with Crippen LogP contribution in [0.2, 0.25) is 0 Å². The second kappa shape index (κ2) is 12.6. The average molecular weight is 469 g/mol. The maximum atomic E-state index is 13.4. The molecule has 1 aliphatic rings. The Hall–Kier alpha value is -2.60. The number of hydrogen-bond donors (Lipinski definition) is 1. The van der Waals surface area contributed by atoms with Crippen molar-refractivity contribution in [2.24, 2.45) is 0 Å². The Morgan fingerprint density at radius 3 is 2.42 bits per heavy atom. The number of thioether (sulfide) groups is 1. The van der Waals surface area contributed by atoms with Crippen molar-refractivity contribution in [3.63, 3.8) is 0 Å². The molecule has 2 amide bonds. The summed E-state index contributed by atoms with van der Waals surface area (Å²) in [5.74, 6) is 0.356. The van der Waals surface area contributed by atoms with E-state index in [0.29, 0.717) is 31.7 Å². The van der Waals surface area contributed by atoms with Crippen molar-refractivity contribution in [3.05, 3.63) is 84.2 Å². The molecule has 1 heterocycles. The molecule has 4 nitrogen and oxygen atoms in total. The predicted octanol–water partition coefficient (Wildman–Crippen LogP) is 5.48. The molecule has 0 radical (unpaired) electrons. The number of nitrogens with zero attached hydrogens (tertiary/aromatic N) is 1. The Balaban J connectivity index is 1.48. The number of likely N-dealkylation sites (tertiary alicyclic amines) is 1. The molecular weight excluding hydrogens is 435 g/mol. The molecule has 0 aliphatic carbocycles. The molecule has 0 bridgehead atoms. The minimum Gasteiger partial charge on any atom is -0.353 e. The minimum atomic E-state index is -0.949. The molecule has 3 rings (SSSR count). The summed E-state index contributed by atoms with van der Waals surface area (Å²) < 4.78 is 13.0. The third kappa shape index (κ3) is 6.94. The predicted molar refractivity (Wildman–Crippen MR) is 133 cm³/mol. The third-order valence-corrected chi connectivity index (χ3v) is 7.50. The Labute approximate surface area is 200 Å². The van der Waals surface area contributed by atoms with E-state index in [-0.39, 0.29) is 17.6 Å². The molecule has 176 valence electrons. The molecule has 1 fully saturated rings. The fraction of sp³-hybridized carbons (Fsp3) is 0.407. The van der Waals surface area contributed by atoms with Crippen LogP contribution in [0.1, 0.15) is 49.7 Å². The van der Waals surface area contributed by atoms with Crippen LogP contribution in [-0.4, -0.2) is 34.7 Å². The van der Waals surface area contributed by atoms with Gasteiger partial charge in [0.2, 0.25) is 5.91 Å². The van der Waals surface area contributed by atoms with E-state index in [1.807, 2.05) is 42.5 Å². The number of amides is 2. The Morgan fingerprint density at radius 2 is 1.79 bits per heavy atom. The zero-order valence-corrected chi connectivity index (χ0v) is 19.9. The largest absolute Gasteiger partial charge is 0.353 e. The van der Waals surface area contributed by atoms with E-state index in [4.69, 9.17) is 0 Å². The Bertz CT molecular complexity index is 919. The maximum absolute atomic E-state index is 13.4. The molecule has 0 aromatic heterocycles. The number of hydrogen-bond acceptors (Lipinski definition) is 3. The van der Waals surface area contributed by atoms with Gasteiger partial charge in [0.15, 0.2) is 4.87 Å². The van der Waals surface area contributed by atoms with E-state index in [0.717, 1.165) is 43.2 Å². The molecule has 0 saturated carbocycles. The number of carbonyl (C=O) groups is 2. The first-order chi connectivity index (χ1) is 16.0. The summed E-state index contributed by atoms with van der Waals surface area (Å²) in [5.41, 5.74) is 2.27. The van der Waals surface area contributed by atoms with Crippen molar-refractivity contribution in [2.75, 3.05) is 13.1 Å². The van der Waals surface area contributed by atoms with Crippen LogP contribution in [-0.2, 0) is 21.8 Å². The lowest BCUT2D eigenvalue weighted by Crippen LogP contribution is -2.63. The third-order valence-electron chi connectivity index (χ3n) is 5.97. The van der Waals surface area contributed by atoms with Gasteiger partial charge in [0.25, 0.3) is 5.91 Å². The van der Waals surface area contributed by atoms with Crippen LogP contribution in [0.15, 0.2) is 67.3 Å². The molecule has 33 heavy (non-hydrogen) atoms. The van der Waals surface area contributed by atoms with Crippen molar-refractivity contribution in [2.45, 2.75) is 55.6 Å². The molecular formula is C27H33FN2O2S. The van der Waals surface area contributed by atoms with Gasteiger partial charge in [-0.2, -0.15) is 0 Å². The summed E-state index contributed by atoms with van der Waals surface area (Å²) in [5, 5.41) is 3.09. The van der Waals surface area contributed by atoms with Crippen LogP contribution in [0.4, 0.5) is 4.39 Å². The standard InChI is InChI=1S/C27H33FN2O2S/c1-2-18-27(30-20-17-25(30)31,33-21-23-11-7-5-8-12-23)26(32)29-19-9-4-3-6-10-22-13-15-24(28)16-14-22/h2,5,7-8,11-16H,1,3-4,6,9-10,17-21H2,(H,29,32). The fourth-order valence-corrected chi connectivity index (χ4v) is 5.38. The summed E-state index contributed by atoms with van der Waals surface area (Å²) in [6.07, 6.45) is 7.56. The Morgan fingerprint density at radius 1 is 1.06 bits per heavy atom. The number of rotatable bonds is 14. The first-order valence-electron chi connectivity index (χ1n) is 11.7. The van der Waals surface area contributed by atoms with Gasteiger partial charge in [0, 0.05) is 31.7 Å². The lowest BCUT2D eigenvalue weighted by molar-refractivity contribution is -0.150. The normalized spacial score (nSPS) is 14.9. The van der Waals surface area contributed by atoms with Gasteiger partial charge >= 0.3 is 0 Å². The van der Waals surface area contributed by atoms with E-state index < -0.39 is 4.87 Å². The number of halogens is 1. The SMILES string of the molecule is C=CCC(SCc1ccccc1)(C(=O)NCCCCCCc1ccc(F)cc1)N1CCC1=O. The van der Waals surface area contributed by atoms with Gasteiger partial charge in [-0.25, -0.2) is 4.39 Å². The lowest BCUT2D eigenvalue weighted by atomic mass is 10.0. The van der Waals surface area contributed by atoms with Gasteiger partial charge in [0.05, 0.1) is 0 Å². The number of nitrogens with one attached hydrogen (secondary N) is 1. The second-order valence-electron chi connectivity index (χ2n) is 8.39. The number of benzene rings is 2. The van der Waals surface area contributed by atoms with Crippen LogP contribution in [0, 0.1) is 5.82 Å². The van der Waals surface area contributed by atoms with E-state index in [1.54, 1.807) is 11.0 Å². The van der Waals surface area contributed by atoms with E-state index in [2.05, 4.69) is 11.9 Å². The monoisotopic (exact) mass is 468 g/mol. The van der Waals surface area contributed by atoms with Crippen molar-refractivity contribution in [1.29, 1.82) is 0 Å². The van der Waals surface area contributed by atoms with Crippen LogP contribution in [0.25, 0.3) is 0 Å². The minimum absolute atomic E-state index is 0.0216. The van der Waals surface area contributed by atoms with Crippen LogP contribution >= 0.6 is 11.8 Å². The Kier molecular flexibility index (Phi) is 9.55. The van der Waals surface area contributed by atoms with Gasteiger partial charge in [0.1, 0.15) is 5.82 Å². The molecule has 2 aromatic rings. The first-order valence-corrected chi connectivity index (χ1v) is 12.7. The molecule has 1 aliphatic heterocycles. The van der Waals surface area contributed by atoms with E-state index in [1.165, 1.54) is 23.9 Å². The molecule has 1 unspecified atom stereocenters. The van der Waals surface area contributed by atoms with Gasteiger partial charge in [-0.05, 0) is 42.5 Å². The average Bonchev–Trinajstić information content (AvgIpc) is 2.82. The molecule has 1 N–H and O–H groups in total. The molecule has 0 spiro atoms. The van der Waals surface area contributed by atoms with Gasteiger partial charge < -0.3 is 10.2 Å². The maximum Gasteiger partial charge on any atom is 0.256 e. The van der Waals surface area contributed by atoms with Crippen molar-refractivity contribution in [3.8, 4) is 0 Å². The summed E-state index contributed by atoms with van der Waals surface area (Å²) in [7, 11) is 0. The lowest BCUT2D eigenvalue weighted by Gasteiger charge is -2.46. The van der Waals surface area contributed by atoms with E-state index in [9.17, 15) is 14.0 Å². The first kappa shape index (κ1) is 25.0. The van der Waals surface area contributed by atoms with Crippen molar-refractivity contribution < 1.29 is 14.0 Å². The van der Waals surface area contributed by atoms with Gasteiger partial charge in [-0.3, -0.25) is 9.59 Å². The number of carbonyl (C=O) groups excluding carboxylic acids is 2. The smallest absolute Gasteiger partial charge is 0.256 e. The van der Waals surface area contributed by atoms with Crippen LogP contribution in [0.3, 0.4) is 0 Å².